The molecule has 0 amide bonds. The van der Waals surface area contributed by atoms with Crippen LogP contribution in [0.15, 0.2) is 30.6 Å². The fraction of sp³-hybridized carbons (Fsp3) is 0.400. The van der Waals surface area contributed by atoms with Gasteiger partial charge in [0.1, 0.15) is 6.04 Å². The van der Waals surface area contributed by atoms with E-state index in [9.17, 15) is 4.79 Å². The van der Waals surface area contributed by atoms with Crippen LogP contribution >= 0.6 is 0 Å². The van der Waals surface area contributed by atoms with Gasteiger partial charge in [-0.2, -0.15) is 0 Å². The molecule has 0 aliphatic rings. The molecule has 0 radical (unpaired) electrons. The Kier molecular flexibility index (Phi) is 6.32. The van der Waals surface area contributed by atoms with Gasteiger partial charge in [0.25, 0.3) is 0 Å². The summed E-state index contributed by atoms with van der Waals surface area (Å²) >= 11 is 0. The van der Waals surface area contributed by atoms with Crippen molar-refractivity contribution < 1.29 is 9.90 Å². The molecule has 1 aromatic rings. The van der Waals surface area contributed by atoms with E-state index in [0.29, 0.717) is 0 Å². The third-order valence-corrected chi connectivity index (χ3v) is 1.57. The van der Waals surface area contributed by atoms with Crippen LogP contribution in [0.2, 0.25) is 0 Å². The number of nitrogens with two attached hydrogens (primary N) is 1. The Labute approximate surface area is 83.8 Å². The van der Waals surface area contributed by atoms with Gasteiger partial charge in [-0.1, -0.05) is 19.9 Å². The predicted molar refractivity (Wildman–Crippen MR) is 54.7 cm³/mol. The van der Waals surface area contributed by atoms with Crippen molar-refractivity contribution in [3.63, 3.8) is 0 Å². The first-order chi connectivity index (χ1) is 6.55. The van der Waals surface area contributed by atoms with Crippen LogP contribution in [0.5, 0.6) is 0 Å². The summed E-state index contributed by atoms with van der Waals surface area (Å²) in [6.07, 6.45) is 3.50. The van der Waals surface area contributed by atoms with Crippen molar-refractivity contribution in [1.82, 2.24) is 4.98 Å². The first-order valence-electron chi connectivity index (χ1n) is 4.39. The monoisotopic (exact) mass is 196 g/mol. The maximum absolute atomic E-state index is 10.0. The molecule has 0 aliphatic carbocycles. The fourth-order valence-corrected chi connectivity index (χ4v) is 0.598. The lowest BCUT2D eigenvalue weighted by molar-refractivity contribution is -0.139. The second-order valence-corrected chi connectivity index (χ2v) is 3.13. The minimum absolute atomic E-state index is 0.0208. The number of aromatic nitrogens is 1. The van der Waals surface area contributed by atoms with Crippen LogP contribution in [0.4, 0.5) is 0 Å². The summed E-state index contributed by atoms with van der Waals surface area (Å²) in [4.78, 5) is 13.8. The number of carbonyl (C=O) groups is 1. The van der Waals surface area contributed by atoms with Crippen molar-refractivity contribution in [2.75, 3.05) is 0 Å². The lowest BCUT2D eigenvalue weighted by Gasteiger charge is -2.07. The zero-order valence-corrected chi connectivity index (χ0v) is 8.42. The van der Waals surface area contributed by atoms with Gasteiger partial charge >= 0.3 is 5.97 Å². The van der Waals surface area contributed by atoms with Crippen LogP contribution in [-0.4, -0.2) is 22.1 Å². The molecule has 3 N–H and O–H groups in total. The van der Waals surface area contributed by atoms with E-state index in [1.807, 2.05) is 18.2 Å². The largest absolute Gasteiger partial charge is 0.480 e. The number of hydrogen-bond acceptors (Lipinski definition) is 3. The maximum Gasteiger partial charge on any atom is 0.320 e. The minimum atomic E-state index is -0.931. The SMILES string of the molecule is CC(C)[C@H](N)C(=O)O.c1ccncc1. The first-order valence-corrected chi connectivity index (χ1v) is 4.39. The van der Waals surface area contributed by atoms with Gasteiger partial charge in [-0.15, -0.1) is 0 Å². The Morgan fingerprint density at radius 3 is 1.86 bits per heavy atom. The Bertz CT molecular complexity index is 223. The number of carboxylic acid groups (broad SMARTS) is 1. The van der Waals surface area contributed by atoms with Crippen molar-refractivity contribution in [2.24, 2.45) is 11.7 Å². The molecule has 14 heavy (non-hydrogen) atoms. The molecule has 1 heterocycles. The van der Waals surface area contributed by atoms with E-state index in [-0.39, 0.29) is 5.92 Å². The van der Waals surface area contributed by atoms with Crippen LogP contribution in [0.25, 0.3) is 0 Å². The molecule has 78 valence electrons. The number of rotatable bonds is 2. The lowest BCUT2D eigenvalue weighted by atomic mass is 10.1. The highest BCUT2D eigenvalue weighted by atomic mass is 16.4. The molecule has 0 saturated carbocycles. The molecule has 0 bridgehead atoms. The molecule has 0 unspecified atom stereocenters. The van der Waals surface area contributed by atoms with Gasteiger partial charge in [0.15, 0.2) is 0 Å². The van der Waals surface area contributed by atoms with Crippen LogP contribution in [0, 0.1) is 5.92 Å². The Morgan fingerprint density at radius 1 is 1.29 bits per heavy atom. The number of pyridine rings is 1. The van der Waals surface area contributed by atoms with Gasteiger partial charge in [0.2, 0.25) is 0 Å². The molecular formula is C10H16N2O2. The molecule has 4 nitrogen and oxygen atoms in total. The average molecular weight is 196 g/mol. The van der Waals surface area contributed by atoms with E-state index in [2.05, 4.69) is 4.98 Å². The summed E-state index contributed by atoms with van der Waals surface area (Å²) in [5.41, 5.74) is 5.16. The summed E-state index contributed by atoms with van der Waals surface area (Å²) in [6.45, 7) is 3.55. The number of hydrogen-bond donors (Lipinski definition) is 2. The molecule has 0 fully saturated rings. The zero-order chi connectivity index (χ0) is 11.0. The molecule has 4 heteroatoms. The van der Waals surface area contributed by atoms with E-state index >= 15 is 0 Å². The fourth-order valence-electron chi connectivity index (χ4n) is 0.598. The molecule has 0 spiro atoms. The van der Waals surface area contributed by atoms with Crippen LogP contribution in [0.3, 0.4) is 0 Å². The molecule has 0 aromatic carbocycles. The molecule has 0 saturated heterocycles. The average Bonchev–Trinajstić information content (AvgIpc) is 2.20. The molecule has 1 rings (SSSR count). The normalized spacial score (nSPS) is 11.4. The molecular weight excluding hydrogens is 180 g/mol. The summed E-state index contributed by atoms with van der Waals surface area (Å²) in [7, 11) is 0. The van der Waals surface area contributed by atoms with Gasteiger partial charge in [-0.3, -0.25) is 9.78 Å². The Hall–Kier alpha value is -1.42. The van der Waals surface area contributed by atoms with Gasteiger partial charge < -0.3 is 10.8 Å². The quantitative estimate of drug-likeness (QED) is 0.743. The third kappa shape index (κ3) is 6.14. The highest BCUT2D eigenvalue weighted by Gasteiger charge is 2.14. The summed E-state index contributed by atoms with van der Waals surface area (Å²) in [6, 6.07) is 5.00. The third-order valence-electron chi connectivity index (χ3n) is 1.57. The number of nitrogens with zero attached hydrogens (tertiary/aromatic N) is 1. The first kappa shape index (κ1) is 12.6. The van der Waals surface area contributed by atoms with Crippen LogP contribution in [-0.2, 0) is 4.79 Å². The van der Waals surface area contributed by atoms with Crippen molar-refractivity contribution in [3.8, 4) is 0 Å². The summed E-state index contributed by atoms with van der Waals surface area (Å²) in [5, 5.41) is 8.23. The second kappa shape index (κ2) is 7.03. The Morgan fingerprint density at radius 2 is 1.79 bits per heavy atom. The van der Waals surface area contributed by atoms with Crippen molar-refractivity contribution >= 4 is 5.97 Å². The van der Waals surface area contributed by atoms with Crippen LogP contribution < -0.4 is 5.73 Å². The van der Waals surface area contributed by atoms with E-state index in [1.165, 1.54) is 0 Å². The van der Waals surface area contributed by atoms with Crippen molar-refractivity contribution in [2.45, 2.75) is 19.9 Å². The van der Waals surface area contributed by atoms with Crippen molar-refractivity contribution in [3.05, 3.63) is 30.6 Å². The van der Waals surface area contributed by atoms with Gasteiger partial charge in [-0.05, 0) is 18.1 Å². The minimum Gasteiger partial charge on any atom is -0.480 e. The van der Waals surface area contributed by atoms with Crippen molar-refractivity contribution in [1.29, 1.82) is 0 Å². The summed E-state index contributed by atoms with van der Waals surface area (Å²) in [5.74, 6) is -0.910. The van der Waals surface area contributed by atoms with E-state index < -0.39 is 12.0 Å². The zero-order valence-electron chi connectivity index (χ0n) is 8.42. The maximum atomic E-state index is 10.0. The molecule has 1 atom stereocenters. The molecule has 1 aromatic heterocycles. The standard InChI is InChI=1S/C5H11NO2.C5H5N/c1-3(2)4(6)5(7)8;1-2-4-6-5-3-1/h3-4H,6H2,1-2H3,(H,7,8);1-5H/t4-;/m0./s1. The van der Waals surface area contributed by atoms with Gasteiger partial charge in [0.05, 0.1) is 0 Å². The van der Waals surface area contributed by atoms with E-state index in [4.69, 9.17) is 10.8 Å². The Balaban J connectivity index is 0.000000249. The highest BCUT2D eigenvalue weighted by Crippen LogP contribution is 1.96. The second-order valence-electron chi connectivity index (χ2n) is 3.13. The topological polar surface area (TPSA) is 76.2 Å². The number of carboxylic acids is 1. The van der Waals surface area contributed by atoms with E-state index in [1.54, 1.807) is 26.2 Å². The predicted octanol–water partition coefficient (Wildman–Crippen LogP) is 1.14. The molecule has 0 aliphatic heterocycles. The van der Waals surface area contributed by atoms with E-state index in [0.717, 1.165) is 0 Å². The lowest BCUT2D eigenvalue weighted by Crippen LogP contribution is -2.34. The highest BCUT2D eigenvalue weighted by molar-refractivity contribution is 5.73. The smallest absolute Gasteiger partial charge is 0.320 e. The van der Waals surface area contributed by atoms with Gasteiger partial charge in [0, 0.05) is 12.4 Å². The summed E-state index contributed by atoms with van der Waals surface area (Å²) < 4.78 is 0. The number of aliphatic carboxylic acids is 1. The van der Waals surface area contributed by atoms with Crippen LogP contribution in [0.1, 0.15) is 13.8 Å². The van der Waals surface area contributed by atoms with Gasteiger partial charge in [-0.25, -0.2) is 0 Å².